The molecule has 0 aliphatic rings. The molecule has 0 saturated carbocycles. The molecule has 4 nitrogen and oxygen atoms in total. The Bertz CT molecular complexity index is 934. The average molecular weight is 393 g/mol. The fourth-order valence-corrected chi connectivity index (χ4v) is 3.90. The average Bonchev–Trinajstić information content (AvgIpc) is 3.23. The van der Waals surface area contributed by atoms with E-state index >= 15 is 0 Å². The molecule has 0 aliphatic carbocycles. The summed E-state index contributed by atoms with van der Waals surface area (Å²) in [5.74, 6) is -0.253. The van der Waals surface area contributed by atoms with Crippen LogP contribution in [0.5, 0.6) is 0 Å². The maximum absolute atomic E-state index is 12.5. The van der Waals surface area contributed by atoms with Crippen LogP contribution >= 0.6 is 11.3 Å². The van der Waals surface area contributed by atoms with Gasteiger partial charge in [0.25, 0.3) is 0 Å². The van der Waals surface area contributed by atoms with Crippen molar-refractivity contribution in [3.63, 3.8) is 0 Å². The van der Waals surface area contributed by atoms with Gasteiger partial charge in [0.15, 0.2) is 5.78 Å². The van der Waals surface area contributed by atoms with Crippen LogP contribution in [0.1, 0.15) is 46.3 Å². The second kappa shape index (κ2) is 9.44. The first-order chi connectivity index (χ1) is 13.6. The van der Waals surface area contributed by atoms with Gasteiger partial charge in [0.2, 0.25) is 5.91 Å². The highest BCUT2D eigenvalue weighted by atomic mass is 32.1. The van der Waals surface area contributed by atoms with Crippen molar-refractivity contribution in [3.05, 3.63) is 87.6 Å². The van der Waals surface area contributed by atoms with Gasteiger partial charge in [-0.15, -0.1) is 11.3 Å². The Morgan fingerprint density at radius 1 is 1.00 bits per heavy atom. The van der Waals surface area contributed by atoms with Gasteiger partial charge in [-0.1, -0.05) is 49.4 Å². The Hall–Kier alpha value is -2.76. The molecule has 0 aliphatic heterocycles. The normalized spacial score (nSPS) is 11.8. The molecular formula is C23H24N2O2S. The maximum atomic E-state index is 12.5. The Morgan fingerprint density at radius 3 is 2.39 bits per heavy atom. The van der Waals surface area contributed by atoms with E-state index in [-0.39, 0.29) is 24.3 Å². The molecule has 0 saturated heterocycles. The molecule has 5 heteroatoms. The van der Waals surface area contributed by atoms with Gasteiger partial charge in [0, 0.05) is 10.4 Å². The lowest BCUT2D eigenvalue weighted by atomic mass is 10.0. The number of anilines is 1. The van der Waals surface area contributed by atoms with Crippen molar-refractivity contribution in [2.75, 3.05) is 11.9 Å². The Labute approximate surface area is 169 Å². The zero-order valence-electron chi connectivity index (χ0n) is 16.1. The number of aryl methyl sites for hydroxylation is 1. The standard InChI is InChI=1S/C23H24N2O2S/c1-3-17-10-12-18(13-11-17)23(21-9-6-14-28-21)24-15-22(27)25-20-8-5-4-7-19(20)16(2)26/h4-14,23-24H,3,15H2,1-2H3,(H,25,27)/t23-/m1/s1. The summed E-state index contributed by atoms with van der Waals surface area (Å²) < 4.78 is 0. The van der Waals surface area contributed by atoms with Gasteiger partial charge >= 0.3 is 0 Å². The number of carbonyl (C=O) groups is 2. The van der Waals surface area contributed by atoms with Crippen LogP contribution in [-0.2, 0) is 11.2 Å². The molecule has 1 aromatic heterocycles. The number of hydrogen-bond donors (Lipinski definition) is 2. The molecule has 3 rings (SSSR count). The zero-order valence-corrected chi connectivity index (χ0v) is 16.9. The second-order valence-electron chi connectivity index (χ2n) is 6.57. The topological polar surface area (TPSA) is 58.2 Å². The van der Waals surface area contributed by atoms with Crippen LogP contribution in [0.2, 0.25) is 0 Å². The number of para-hydroxylation sites is 1. The van der Waals surface area contributed by atoms with Crippen LogP contribution in [0.25, 0.3) is 0 Å². The van der Waals surface area contributed by atoms with Crippen LogP contribution in [0.3, 0.4) is 0 Å². The molecule has 0 bridgehead atoms. The quantitative estimate of drug-likeness (QED) is 0.540. The van der Waals surface area contributed by atoms with E-state index in [9.17, 15) is 9.59 Å². The van der Waals surface area contributed by atoms with Gasteiger partial charge in [-0.05, 0) is 48.1 Å². The number of rotatable bonds is 8. The van der Waals surface area contributed by atoms with E-state index in [2.05, 4.69) is 47.9 Å². The molecule has 0 radical (unpaired) electrons. The molecule has 28 heavy (non-hydrogen) atoms. The number of thiophene rings is 1. The lowest BCUT2D eigenvalue weighted by molar-refractivity contribution is -0.115. The summed E-state index contributed by atoms with van der Waals surface area (Å²) in [4.78, 5) is 25.4. The number of carbonyl (C=O) groups excluding carboxylic acids is 2. The van der Waals surface area contributed by atoms with E-state index in [0.29, 0.717) is 11.3 Å². The molecule has 2 N–H and O–H groups in total. The van der Waals surface area contributed by atoms with Crippen molar-refractivity contribution in [1.82, 2.24) is 5.32 Å². The summed E-state index contributed by atoms with van der Waals surface area (Å²) >= 11 is 1.66. The number of nitrogens with one attached hydrogen (secondary N) is 2. The SMILES string of the molecule is CCc1ccc([C@@H](NCC(=O)Nc2ccccc2C(C)=O)c2cccs2)cc1. The highest BCUT2D eigenvalue weighted by Crippen LogP contribution is 2.26. The third-order valence-electron chi connectivity index (χ3n) is 4.60. The fraction of sp³-hybridized carbons (Fsp3) is 0.217. The van der Waals surface area contributed by atoms with Gasteiger partial charge in [-0.25, -0.2) is 0 Å². The van der Waals surface area contributed by atoms with Gasteiger partial charge in [0.1, 0.15) is 0 Å². The van der Waals surface area contributed by atoms with Crippen LogP contribution < -0.4 is 10.6 Å². The molecule has 0 unspecified atom stereocenters. The fourth-order valence-electron chi connectivity index (χ4n) is 3.07. The summed E-state index contributed by atoms with van der Waals surface area (Å²) in [5.41, 5.74) is 3.46. The van der Waals surface area contributed by atoms with Crippen molar-refractivity contribution >= 4 is 28.7 Å². The second-order valence-corrected chi connectivity index (χ2v) is 7.55. The molecule has 1 heterocycles. The third kappa shape index (κ3) is 4.94. The lowest BCUT2D eigenvalue weighted by Gasteiger charge is -2.18. The van der Waals surface area contributed by atoms with Crippen LogP contribution in [0, 0.1) is 0 Å². The predicted octanol–water partition coefficient (Wildman–Crippen LogP) is 4.83. The first kappa shape index (κ1) is 20.0. The van der Waals surface area contributed by atoms with E-state index in [1.54, 1.807) is 35.6 Å². The zero-order chi connectivity index (χ0) is 19.9. The highest BCUT2D eigenvalue weighted by molar-refractivity contribution is 7.10. The van der Waals surface area contributed by atoms with Crippen molar-refractivity contribution in [2.24, 2.45) is 0 Å². The van der Waals surface area contributed by atoms with E-state index in [1.807, 2.05) is 11.4 Å². The lowest BCUT2D eigenvalue weighted by Crippen LogP contribution is -2.31. The Balaban J connectivity index is 1.72. The van der Waals surface area contributed by atoms with Crippen molar-refractivity contribution in [1.29, 1.82) is 0 Å². The summed E-state index contributed by atoms with van der Waals surface area (Å²) in [6.07, 6.45) is 0.995. The molecule has 1 amide bonds. The molecule has 2 aromatic carbocycles. The van der Waals surface area contributed by atoms with Gasteiger partial charge in [-0.2, -0.15) is 0 Å². The minimum absolute atomic E-state index is 0.0558. The highest BCUT2D eigenvalue weighted by Gasteiger charge is 2.17. The van der Waals surface area contributed by atoms with E-state index in [4.69, 9.17) is 0 Å². The number of ketones is 1. The molecular weight excluding hydrogens is 368 g/mol. The van der Waals surface area contributed by atoms with E-state index in [1.165, 1.54) is 12.5 Å². The summed E-state index contributed by atoms with van der Waals surface area (Å²) in [6, 6.07) is 19.6. The molecule has 3 aromatic rings. The predicted molar refractivity (Wildman–Crippen MR) is 115 cm³/mol. The number of Topliss-reactive ketones (excluding diaryl/α,β-unsaturated/α-hetero) is 1. The number of hydrogen-bond acceptors (Lipinski definition) is 4. The first-order valence-corrected chi connectivity index (χ1v) is 10.2. The smallest absolute Gasteiger partial charge is 0.238 e. The van der Waals surface area contributed by atoms with E-state index < -0.39 is 0 Å². The maximum Gasteiger partial charge on any atom is 0.238 e. The molecule has 144 valence electrons. The third-order valence-corrected chi connectivity index (χ3v) is 5.53. The summed E-state index contributed by atoms with van der Waals surface area (Å²) in [6.45, 7) is 3.77. The van der Waals surface area contributed by atoms with E-state index in [0.717, 1.165) is 16.9 Å². The summed E-state index contributed by atoms with van der Waals surface area (Å²) in [5, 5.41) is 8.24. The molecule has 1 atom stereocenters. The molecule has 0 fully saturated rings. The van der Waals surface area contributed by atoms with Crippen molar-refractivity contribution in [2.45, 2.75) is 26.3 Å². The first-order valence-electron chi connectivity index (χ1n) is 9.34. The summed E-state index contributed by atoms with van der Waals surface area (Å²) in [7, 11) is 0. The van der Waals surface area contributed by atoms with Crippen LogP contribution in [0.4, 0.5) is 5.69 Å². The van der Waals surface area contributed by atoms with Crippen LogP contribution in [0.15, 0.2) is 66.0 Å². The minimum Gasteiger partial charge on any atom is -0.324 e. The monoisotopic (exact) mass is 392 g/mol. The van der Waals surface area contributed by atoms with Crippen LogP contribution in [-0.4, -0.2) is 18.2 Å². The molecule has 0 spiro atoms. The van der Waals surface area contributed by atoms with Crippen molar-refractivity contribution in [3.8, 4) is 0 Å². The number of benzene rings is 2. The van der Waals surface area contributed by atoms with Crippen molar-refractivity contribution < 1.29 is 9.59 Å². The number of amides is 1. The minimum atomic E-state index is -0.180. The Kier molecular flexibility index (Phi) is 6.74. The Morgan fingerprint density at radius 2 is 1.75 bits per heavy atom. The largest absolute Gasteiger partial charge is 0.324 e. The van der Waals surface area contributed by atoms with Gasteiger partial charge in [-0.3, -0.25) is 14.9 Å². The van der Waals surface area contributed by atoms with Gasteiger partial charge in [0.05, 0.1) is 18.3 Å². The van der Waals surface area contributed by atoms with Gasteiger partial charge < -0.3 is 5.32 Å².